The molecule has 1 saturated heterocycles. The summed E-state index contributed by atoms with van der Waals surface area (Å²) < 4.78 is 18.2. The van der Waals surface area contributed by atoms with Crippen LogP contribution in [-0.2, 0) is 0 Å². The zero-order chi connectivity index (χ0) is 15.2. The number of nitrogens with zero attached hydrogens (tertiary/aromatic N) is 1. The topological polar surface area (TPSA) is 43.0 Å². The van der Waals surface area contributed by atoms with Crippen LogP contribution >= 0.6 is 0 Å². The molecule has 3 aliphatic heterocycles. The molecule has 4 rings (SSSR count). The number of rotatable bonds is 1. The summed E-state index contributed by atoms with van der Waals surface area (Å²) in [5, 5.41) is 3.46. The van der Waals surface area contributed by atoms with Gasteiger partial charge in [-0.1, -0.05) is 0 Å². The van der Waals surface area contributed by atoms with Crippen molar-refractivity contribution >= 4 is 0 Å². The lowest BCUT2D eigenvalue weighted by molar-refractivity contribution is -0.0231. The number of nitrogens with one attached hydrogen (secondary N) is 1. The van der Waals surface area contributed by atoms with E-state index in [4.69, 9.17) is 14.2 Å². The molecule has 1 fully saturated rings. The van der Waals surface area contributed by atoms with Crippen LogP contribution in [0.4, 0.5) is 0 Å². The SMILES string of the molecule is CNC1CC2(CCN(C)CC2)Oc2c1ccc1c2OCCO1. The quantitative estimate of drug-likeness (QED) is 0.859. The number of ether oxygens (including phenoxy) is 3. The highest BCUT2D eigenvalue weighted by Gasteiger charge is 2.44. The van der Waals surface area contributed by atoms with Crippen LogP contribution in [0.2, 0.25) is 0 Å². The minimum absolute atomic E-state index is 0.0802. The van der Waals surface area contributed by atoms with Gasteiger partial charge in [-0.25, -0.2) is 0 Å². The highest BCUT2D eigenvalue weighted by molar-refractivity contribution is 5.58. The molecule has 1 spiro atoms. The Morgan fingerprint density at radius 1 is 1.14 bits per heavy atom. The molecule has 0 aromatic heterocycles. The molecular weight excluding hydrogens is 280 g/mol. The summed E-state index contributed by atoms with van der Waals surface area (Å²) in [7, 11) is 4.21. The fourth-order valence-corrected chi connectivity index (χ4v) is 3.82. The van der Waals surface area contributed by atoms with Crippen LogP contribution in [0.15, 0.2) is 12.1 Å². The van der Waals surface area contributed by atoms with E-state index in [1.54, 1.807) is 0 Å². The van der Waals surface area contributed by atoms with Crippen molar-refractivity contribution in [2.75, 3.05) is 40.4 Å². The number of hydrogen-bond donors (Lipinski definition) is 1. The van der Waals surface area contributed by atoms with Gasteiger partial charge in [-0.3, -0.25) is 0 Å². The normalized spacial score (nSPS) is 26.4. The van der Waals surface area contributed by atoms with E-state index in [9.17, 15) is 0 Å². The molecule has 0 bridgehead atoms. The van der Waals surface area contributed by atoms with Gasteiger partial charge in [0.25, 0.3) is 0 Å². The lowest BCUT2D eigenvalue weighted by Gasteiger charge is -2.46. The van der Waals surface area contributed by atoms with Gasteiger partial charge in [-0.05, 0) is 39.1 Å². The first-order chi connectivity index (χ1) is 10.7. The highest BCUT2D eigenvalue weighted by Crippen LogP contribution is 2.51. The molecular formula is C17H24N2O3. The molecule has 0 radical (unpaired) electrons. The van der Waals surface area contributed by atoms with Crippen molar-refractivity contribution in [2.45, 2.75) is 30.9 Å². The van der Waals surface area contributed by atoms with E-state index >= 15 is 0 Å². The Hall–Kier alpha value is -1.46. The smallest absolute Gasteiger partial charge is 0.204 e. The number of benzene rings is 1. The fourth-order valence-electron chi connectivity index (χ4n) is 3.82. The number of hydrogen-bond acceptors (Lipinski definition) is 5. The molecule has 0 amide bonds. The third-order valence-electron chi connectivity index (χ3n) is 5.21. The van der Waals surface area contributed by atoms with Gasteiger partial charge in [0.1, 0.15) is 18.8 Å². The van der Waals surface area contributed by atoms with Gasteiger partial charge in [0.05, 0.1) is 0 Å². The lowest BCUT2D eigenvalue weighted by atomic mass is 9.80. The van der Waals surface area contributed by atoms with Crippen molar-refractivity contribution in [2.24, 2.45) is 0 Å². The van der Waals surface area contributed by atoms with Crippen molar-refractivity contribution < 1.29 is 14.2 Å². The molecule has 22 heavy (non-hydrogen) atoms. The van der Waals surface area contributed by atoms with Crippen molar-refractivity contribution in [3.8, 4) is 17.2 Å². The number of likely N-dealkylation sites (tertiary alicyclic amines) is 1. The predicted octanol–water partition coefficient (Wildman–Crippen LogP) is 1.97. The fraction of sp³-hybridized carbons (Fsp3) is 0.647. The second-order valence-corrected chi connectivity index (χ2v) is 6.64. The zero-order valence-corrected chi connectivity index (χ0v) is 13.4. The Morgan fingerprint density at radius 2 is 1.91 bits per heavy atom. The van der Waals surface area contributed by atoms with Crippen molar-refractivity contribution in [3.05, 3.63) is 17.7 Å². The molecule has 5 heteroatoms. The van der Waals surface area contributed by atoms with Gasteiger partial charge < -0.3 is 24.4 Å². The standard InChI is InChI=1S/C17H24N2O3/c1-18-13-11-17(5-7-19(2)8-6-17)22-15-12(13)3-4-14-16(15)21-10-9-20-14/h3-4,13,18H,5-11H2,1-2H3. The van der Waals surface area contributed by atoms with E-state index in [1.165, 1.54) is 5.56 Å². The van der Waals surface area contributed by atoms with E-state index in [-0.39, 0.29) is 5.60 Å². The average molecular weight is 304 g/mol. The van der Waals surface area contributed by atoms with E-state index in [2.05, 4.69) is 23.3 Å². The maximum absolute atomic E-state index is 6.57. The molecule has 0 saturated carbocycles. The average Bonchev–Trinajstić information content (AvgIpc) is 2.57. The molecule has 5 nitrogen and oxygen atoms in total. The van der Waals surface area contributed by atoms with Crippen LogP contribution in [0.1, 0.15) is 30.9 Å². The highest BCUT2D eigenvalue weighted by atomic mass is 16.6. The first kappa shape index (κ1) is 14.2. The lowest BCUT2D eigenvalue weighted by Crippen LogP contribution is -2.50. The Kier molecular flexibility index (Phi) is 3.42. The molecule has 3 heterocycles. The van der Waals surface area contributed by atoms with E-state index in [0.29, 0.717) is 19.3 Å². The van der Waals surface area contributed by atoms with Gasteiger partial charge in [-0.15, -0.1) is 0 Å². The van der Waals surface area contributed by atoms with E-state index in [0.717, 1.165) is 49.6 Å². The third-order valence-corrected chi connectivity index (χ3v) is 5.21. The summed E-state index contributed by atoms with van der Waals surface area (Å²) in [6.45, 7) is 3.36. The summed E-state index contributed by atoms with van der Waals surface area (Å²) in [6, 6.07) is 4.43. The van der Waals surface area contributed by atoms with Crippen LogP contribution in [0, 0.1) is 0 Å². The summed E-state index contributed by atoms with van der Waals surface area (Å²) in [5.74, 6) is 2.50. The third kappa shape index (κ3) is 2.23. The van der Waals surface area contributed by atoms with Crippen molar-refractivity contribution in [1.82, 2.24) is 10.2 Å². The van der Waals surface area contributed by atoms with Crippen molar-refractivity contribution in [3.63, 3.8) is 0 Å². The van der Waals surface area contributed by atoms with Gasteiger partial charge >= 0.3 is 0 Å². The Balaban J connectivity index is 1.74. The molecule has 1 unspecified atom stereocenters. The molecule has 120 valence electrons. The maximum Gasteiger partial charge on any atom is 0.204 e. The summed E-state index contributed by atoms with van der Waals surface area (Å²) in [6.07, 6.45) is 3.14. The second kappa shape index (κ2) is 5.32. The Labute approximate surface area is 131 Å². The number of piperidine rings is 1. The molecule has 0 aliphatic carbocycles. The van der Waals surface area contributed by atoms with E-state index in [1.807, 2.05) is 13.1 Å². The first-order valence-corrected chi connectivity index (χ1v) is 8.18. The minimum atomic E-state index is -0.0802. The van der Waals surface area contributed by atoms with Gasteiger partial charge in [0, 0.05) is 31.1 Å². The van der Waals surface area contributed by atoms with Crippen LogP contribution < -0.4 is 19.5 Å². The summed E-state index contributed by atoms with van der Waals surface area (Å²) in [5.41, 5.74) is 1.11. The molecule has 1 aromatic carbocycles. The van der Waals surface area contributed by atoms with Gasteiger partial charge in [0.15, 0.2) is 11.5 Å². The Bertz CT molecular complexity index is 567. The zero-order valence-electron chi connectivity index (χ0n) is 13.4. The molecule has 3 aliphatic rings. The minimum Gasteiger partial charge on any atom is -0.486 e. The monoisotopic (exact) mass is 304 g/mol. The summed E-state index contributed by atoms with van der Waals surface area (Å²) in [4.78, 5) is 2.37. The van der Waals surface area contributed by atoms with Crippen LogP contribution in [0.25, 0.3) is 0 Å². The second-order valence-electron chi connectivity index (χ2n) is 6.64. The first-order valence-electron chi connectivity index (χ1n) is 8.18. The van der Waals surface area contributed by atoms with Crippen LogP contribution in [-0.4, -0.2) is 50.9 Å². The van der Waals surface area contributed by atoms with E-state index < -0.39 is 0 Å². The van der Waals surface area contributed by atoms with Crippen LogP contribution in [0.5, 0.6) is 17.2 Å². The largest absolute Gasteiger partial charge is 0.486 e. The summed E-state index contributed by atoms with van der Waals surface area (Å²) >= 11 is 0. The van der Waals surface area contributed by atoms with Gasteiger partial charge in [-0.2, -0.15) is 0 Å². The molecule has 1 aromatic rings. The Morgan fingerprint density at radius 3 is 2.68 bits per heavy atom. The van der Waals surface area contributed by atoms with Gasteiger partial charge in [0.2, 0.25) is 5.75 Å². The number of fused-ring (bicyclic) bond motifs is 3. The van der Waals surface area contributed by atoms with Crippen LogP contribution in [0.3, 0.4) is 0 Å². The molecule has 1 N–H and O–H groups in total. The van der Waals surface area contributed by atoms with Crippen molar-refractivity contribution in [1.29, 1.82) is 0 Å². The predicted molar refractivity (Wildman–Crippen MR) is 83.9 cm³/mol. The molecule has 1 atom stereocenters. The maximum atomic E-state index is 6.57.